The summed E-state index contributed by atoms with van der Waals surface area (Å²) < 4.78 is 0. The van der Waals surface area contributed by atoms with Gasteiger partial charge < -0.3 is 10.2 Å². The molecule has 0 aliphatic carbocycles. The minimum atomic E-state index is 0. The van der Waals surface area contributed by atoms with Crippen LogP contribution in [0.2, 0.25) is 0 Å². The van der Waals surface area contributed by atoms with Crippen LogP contribution in [0, 0.1) is 11.8 Å². The fraction of sp³-hybridized carbons (Fsp3) is 0.533. The van der Waals surface area contributed by atoms with E-state index in [-0.39, 0.29) is 24.2 Å². The lowest BCUT2D eigenvalue weighted by Crippen LogP contribution is -2.43. The lowest BCUT2D eigenvalue weighted by atomic mass is 9.93. The molecule has 1 aromatic rings. The molecular formula is C15H23ClN2O. The van der Waals surface area contributed by atoms with Crippen molar-refractivity contribution in [3.63, 3.8) is 0 Å². The number of nitrogens with zero attached hydrogens (tertiary/aromatic N) is 1. The monoisotopic (exact) mass is 282 g/mol. The number of carbonyl (C=O) groups is 1. The Balaban J connectivity index is 0.00000180. The second kappa shape index (κ2) is 6.92. The van der Waals surface area contributed by atoms with Gasteiger partial charge in [-0.2, -0.15) is 0 Å². The van der Waals surface area contributed by atoms with Crippen molar-refractivity contribution >= 4 is 24.0 Å². The molecule has 0 aromatic heterocycles. The van der Waals surface area contributed by atoms with Gasteiger partial charge in [-0.15, -0.1) is 12.4 Å². The minimum absolute atomic E-state index is 0. The van der Waals surface area contributed by atoms with Crippen molar-refractivity contribution < 1.29 is 4.79 Å². The van der Waals surface area contributed by atoms with Gasteiger partial charge in [-0.1, -0.05) is 32.0 Å². The van der Waals surface area contributed by atoms with Crippen molar-refractivity contribution in [1.29, 1.82) is 0 Å². The van der Waals surface area contributed by atoms with Crippen molar-refractivity contribution in [2.24, 2.45) is 11.8 Å². The van der Waals surface area contributed by atoms with Crippen LogP contribution < -0.4 is 10.2 Å². The van der Waals surface area contributed by atoms with Crippen molar-refractivity contribution in [2.45, 2.75) is 20.3 Å². The summed E-state index contributed by atoms with van der Waals surface area (Å²) in [6.45, 7) is 5.76. The highest BCUT2D eigenvalue weighted by Gasteiger charge is 2.28. The van der Waals surface area contributed by atoms with Crippen molar-refractivity contribution in [3.8, 4) is 0 Å². The van der Waals surface area contributed by atoms with Gasteiger partial charge in [0.25, 0.3) is 0 Å². The fourth-order valence-corrected chi connectivity index (χ4v) is 2.66. The molecule has 1 heterocycles. The maximum Gasteiger partial charge on any atom is 0.231 e. The molecule has 1 amide bonds. The smallest absolute Gasteiger partial charge is 0.231 e. The van der Waals surface area contributed by atoms with Gasteiger partial charge in [0.2, 0.25) is 5.91 Å². The zero-order valence-electron chi connectivity index (χ0n) is 11.8. The van der Waals surface area contributed by atoms with Crippen molar-refractivity contribution in [1.82, 2.24) is 5.32 Å². The largest absolute Gasteiger partial charge is 0.319 e. The second-order valence-corrected chi connectivity index (χ2v) is 5.35. The maximum atomic E-state index is 12.5. The summed E-state index contributed by atoms with van der Waals surface area (Å²) in [5, 5.41) is 3.08. The molecule has 0 spiro atoms. The van der Waals surface area contributed by atoms with E-state index in [4.69, 9.17) is 0 Å². The van der Waals surface area contributed by atoms with E-state index in [1.807, 2.05) is 24.9 Å². The molecule has 2 rings (SSSR count). The summed E-state index contributed by atoms with van der Waals surface area (Å²) in [7, 11) is 1.89. The first kappa shape index (κ1) is 16.0. The molecule has 1 aliphatic rings. The number of hydrogen-bond donors (Lipinski definition) is 1. The summed E-state index contributed by atoms with van der Waals surface area (Å²) in [5.41, 5.74) is 2.39. The Hall–Kier alpha value is -1.06. The lowest BCUT2D eigenvalue weighted by Gasteiger charge is -2.34. The summed E-state index contributed by atoms with van der Waals surface area (Å²) in [5.74, 6) is 0.780. The first-order chi connectivity index (χ1) is 8.63. The summed E-state index contributed by atoms with van der Waals surface area (Å²) in [6.07, 6.45) is 1.07. The third kappa shape index (κ3) is 3.48. The second-order valence-electron chi connectivity index (χ2n) is 5.35. The Bertz CT molecular complexity index is 436. The van der Waals surface area contributed by atoms with E-state index in [9.17, 15) is 4.79 Å². The number of halogens is 1. The Morgan fingerprint density at radius 2 is 2.16 bits per heavy atom. The Kier molecular flexibility index (Phi) is 5.83. The van der Waals surface area contributed by atoms with Crippen LogP contribution in [0.4, 0.5) is 5.69 Å². The van der Waals surface area contributed by atoms with Gasteiger partial charge in [0.15, 0.2) is 0 Å². The summed E-state index contributed by atoms with van der Waals surface area (Å²) in [6, 6.07) is 8.26. The Labute approximate surface area is 121 Å². The number of fused-ring (bicyclic) bond motifs is 1. The lowest BCUT2D eigenvalue weighted by molar-refractivity contribution is -0.122. The SMILES string of the molecule is CNCC(C)C(=O)N1CC(C)Cc2ccccc21.Cl. The summed E-state index contributed by atoms with van der Waals surface area (Å²) in [4.78, 5) is 14.4. The van der Waals surface area contributed by atoms with E-state index >= 15 is 0 Å². The molecule has 4 heteroatoms. The molecule has 2 unspecified atom stereocenters. The zero-order valence-corrected chi connectivity index (χ0v) is 12.7. The molecule has 0 bridgehead atoms. The highest BCUT2D eigenvalue weighted by atomic mass is 35.5. The zero-order chi connectivity index (χ0) is 13.1. The molecule has 0 radical (unpaired) electrons. The molecule has 1 N–H and O–H groups in total. The number of carbonyl (C=O) groups excluding carboxylic acids is 1. The van der Waals surface area contributed by atoms with Crippen LogP contribution in [0.1, 0.15) is 19.4 Å². The number of amides is 1. The number of para-hydroxylation sites is 1. The van der Waals surface area contributed by atoms with E-state index in [2.05, 4.69) is 30.4 Å². The molecule has 2 atom stereocenters. The van der Waals surface area contributed by atoms with Gasteiger partial charge >= 0.3 is 0 Å². The standard InChI is InChI=1S/C15H22N2O.ClH/c1-11-8-13-6-4-5-7-14(13)17(10-11)15(18)12(2)9-16-3;/h4-7,11-12,16H,8-10H2,1-3H3;1H. The molecule has 19 heavy (non-hydrogen) atoms. The highest BCUT2D eigenvalue weighted by molar-refractivity contribution is 5.96. The molecule has 106 valence electrons. The molecule has 1 aromatic carbocycles. The topological polar surface area (TPSA) is 32.3 Å². The molecule has 1 aliphatic heterocycles. The normalized spacial score (nSPS) is 19.3. The Morgan fingerprint density at radius 3 is 2.84 bits per heavy atom. The quantitative estimate of drug-likeness (QED) is 0.924. The predicted octanol–water partition coefficient (Wildman–Crippen LogP) is 2.49. The number of nitrogens with one attached hydrogen (secondary N) is 1. The van der Waals surface area contributed by atoms with Gasteiger partial charge in [-0.25, -0.2) is 0 Å². The maximum absolute atomic E-state index is 12.5. The minimum Gasteiger partial charge on any atom is -0.319 e. The molecule has 3 nitrogen and oxygen atoms in total. The first-order valence-corrected chi connectivity index (χ1v) is 6.67. The van der Waals surface area contributed by atoms with Crippen LogP contribution in [0.15, 0.2) is 24.3 Å². The first-order valence-electron chi connectivity index (χ1n) is 6.67. The van der Waals surface area contributed by atoms with Crippen LogP contribution in [0.5, 0.6) is 0 Å². The molecule has 0 saturated heterocycles. The molecule has 0 saturated carbocycles. The van der Waals surface area contributed by atoms with E-state index in [0.29, 0.717) is 5.92 Å². The van der Waals surface area contributed by atoms with E-state index in [1.165, 1.54) is 5.56 Å². The number of hydrogen-bond acceptors (Lipinski definition) is 2. The molecule has 0 fully saturated rings. The number of benzene rings is 1. The van der Waals surface area contributed by atoms with Gasteiger partial charge in [0.05, 0.1) is 0 Å². The molecular weight excluding hydrogens is 260 g/mol. The van der Waals surface area contributed by atoms with E-state index < -0.39 is 0 Å². The van der Waals surface area contributed by atoms with Crippen molar-refractivity contribution in [2.75, 3.05) is 25.0 Å². The fourth-order valence-electron chi connectivity index (χ4n) is 2.66. The third-order valence-corrected chi connectivity index (χ3v) is 3.54. The van der Waals surface area contributed by atoms with E-state index in [0.717, 1.165) is 25.2 Å². The van der Waals surface area contributed by atoms with Crippen molar-refractivity contribution in [3.05, 3.63) is 29.8 Å². The number of rotatable bonds is 3. The predicted molar refractivity (Wildman–Crippen MR) is 82.0 cm³/mol. The van der Waals surface area contributed by atoms with E-state index in [1.54, 1.807) is 0 Å². The highest BCUT2D eigenvalue weighted by Crippen LogP contribution is 2.30. The Morgan fingerprint density at radius 1 is 1.47 bits per heavy atom. The summed E-state index contributed by atoms with van der Waals surface area (Å²) >= 11 is 0. The third-order valence-electron chi connectivity index (χ3n) is 3.54. The van der Waals surface area contributed by atoms with Gasteiger partial charge in [-0.05, 0) is 31.0 Å². The van der Waals surface area contributed by atoms with Gasteiger partial charge in [-0.3, -0.25) is 4.79 Å². The van der Waals surface area contributed by atoms with Crippen LogP contribution in [-0.4, -0.2) is 26.0 Å². The van der Waals surface area contributed by atoms with Gasteiger partial charge in [0, 0.05) is 24.7 Å². The van der Waals surface area contributed by atoms with Crippen LogP contribution in [-0.2, 0) is 11.2 Å². The van der Waals surface area contributed by atoms with Crippen LogP contribution in [0.25, 0.3) is 0 Å². The van der Waals surface area contributed by atoms with Gasteiger partial charge in [0.1, 0.15) is 0 Å². The van der Waals surface area contributed by atoms with Crippen LogP contribution in [0.3, 0.4) is 0 Å². The average Bonchev–Trinajstić information content (AvgIpc) is 2.37. The average molecular weight is 283 g/mol. The van der Waals surface area contributed by atoms with Crippen LogP contribution >= 0.6 is 12.4 Å². The number of anilines is 1.